The Balaban J connectivity index is 1.65. The second kappa shape index (κ2) is 6.54. The molecule has 8 nitrogen and oxygen atoms in total. The van der Waals surface area contributed by atoms with E-state index < -0.39 is 10.8 Å². The maximum atomic E-state index is 12.8. The van der Waals surface area contributed by atoms with Crippen LogP contribution in [-0.4, -0.2) is 21.0 Å². The molecule has 0 fully saturated rings. The van der Waals surface area contributed by atoms with E-state index in [2.05, 4.69) is 15.5 Å². The monoisotopic (exact) mass is 348 g/mol. The normalized spacial score (nSPS) is 10.5. The number of nitro groups is 1. The predicted molar refractivity (Wildman–Crippen MR) is 82.4 cm³/mol. The van der Waals surface area contributed by atoms with Crippen LogP contribution < -0.4 is 5.32 Å². The lowest BCUT2D eigenvalue weighted by Crippen LogP contribution is -2.10. The van der Waals surface area contributed by atoms with Gasteiger partial charge in [-0.05, 0) is 23.8 Å². The summed E-state index contributed by atoms with van der Waals surface area (Å²) in [6, 6.07) is 8.27. The lowest BCUT2D eigenvalue weighted by molar-refractivity contribution is -0.380. The van der Waals surface area contributed by atoms with Gasteiger partial charge in [0.25, 0.3) is 5.91 Å². The number of nitrogens with zero attached hydrogens (tertiary/aromatic N) is 3. The van der Waals surface area contributed by atoms with E-state index in [9.17, 15) is 19.3 Å². The maximum Gasteiger partial charge on any atom is 0.324 e. The molecule has 122 valence electrons. The van der Waals surface area contributed by atoms with Crippen molar-refractivity contribution in [1.82, 2.24) is 10.2 Å². The van der Waals surface area contributed by atoms with Gasteiger partial charge in [-0.3, -0.25) is 20.2 Å². The van der Waals surface area contributed by atoms with Gasteiger partial charge in [0.15, 0.2) is 0 Å². The maximum absolute atomic E-state index is 12.8. The topological polar surface area (TPSA) is 111 Å². The second-order valence-corrected chi connectivity index (χ2v) is 5.72. The van der Waals surface area contributed by atoms with Crippen LogP contribution in [0.3, 0.4) is 0 Å². The zero-order valence-electron chi connectivity index (χ0n) is 11.9. The fourth-order valence-electron chi connectivity index (χ4n) is 1.86. The molecule has 0 bridgehead atoms. The number of carbonyl (C=O) groups excluding carboxylic acids is 1. The van der Waals surface area contributed by atoms with E-state index in [1.54, 1.807) is 12.1 Å². The molecule has 0 aliphatic carbocycles. The molecule has 0 spiro atoms. The van der Waals surface area contributed by atoms with Gasteiger partial charge in [-0.15, -0.1) is 5.10 Å². The summed E-state index contributed by atoms with van der Waals surface area (Å²) in [6.45, 7) is 0. The number of nitrogens with one attached hydrogen (secondary N) is 1. The molecule has 1 amide bonds. The lowest BCUT2D eigenvalue weighted by Gasteiger charge is -1.97. The highest BCUT2D eigenvalue weighted by Gasteiger charge is 2.17. The molecule has 0 radical (unpaired) electrons. The van der Waals surface area contributed by atoms with E-state index in [-0.39, 0.29) is 34.0 Å². The largest absolute Gasteiger partial charge is 0.407 e. The average molecular weight is 348 g/mol. The lowest BCUT2D eigenvalue weighted by atomic mass is 10.1. The number of benzene rings is 1. The van der Waals surface area contributed by atoms with E-state index >= 15 is 0 Å². The summed E-state index contributed by atoms with van der Waals surface area (Å²) in [5.74, 6) is -0.679. The van der Waals surface area contributed by atoms with Crippen molar-refractivity contribution in [2.75, 3.05) is 5.32 Å². The molecule has 2 heterocycles. The van der Waals surface area contributed by atoms with Gasteiger partial charge in [-0.2, -0.15) is 0 Å². The van der Waals surface area contributed by atoms with Crippen LogP contribution >= 0.6 is 11.3 Å². The Morgan fingerprint density at radius 2 is 2.00 bits per heavy atom. The fraction of sp³-hybridized carbons (Fsp3) is 0.0714. The number of amides is 1. The van der Waals surface area contributed by atoms with Crippen molar-refractivity contribution < 1.29 is 18.5 Å². The van der Waals surface area contributed by atoms with Crippen molar-refractivity contribution in [3.63, 3.8) is 0 Å². The highest BCUT2D eigenvalue weighted by atomic mass is 32.1. The number of aromatic nitrogens is 2. The summed E-state index contributed by atoms with van der Waals surface area (Å²) in [5, 5.41) is 20.3. The summed E-state index contributed by atoms with van der Waals surface area (Å²) in [7, 11) is 0. The predicted octanol–water partition coefficient (Wildman–Crippen LogP) is 3.02. The van der Waals surface area contributed by atoms with Crippen LogP contribution in [0.15, 0.2) is 40.8 Å². The van der Waals surface area contributed by atoms with Crippen molar-refractivity contribution in [3.8, 4) is 0 Å². The minimum atomic E-state index is -0.579. The summed E-state index contributed by atoms with van der Waals surface area (Å²) in [6.07, 6.45) is 0.285. The molecule has 0 saturated heterocycles. The number of rotatable bonds is 5. The number of hydrogen-bond acceptors (Lipinski definition) is 7. The smallest absolute Gasteiger partial charge is 0.324 e. The Morgan fingerprint density at radius 3 is 2.67 bits per heavy atom. The van der Waals surface area contributed by atoms with Crippen LogP contribution in [0.2, 0.25) is 0 Å². The molecule has 0 aliphatic rings. The zero-order valence-corrected chi connectivity index (χ0v) is 12.7. The molecule has 0 atom stereocenters. The van der Waals surface area contributed by atoms with Crippen LogP contribution in [0, 0.1) is 15.9 Å². The molecule has 0 saturated carbocycles. The van der Waals surface area contributed by atoms with E-state index in [4.69, 9.17) is 4.42 Å². The highest BCUT2D eigenvalue weighted by molar-refractivity contribution is 7.17. The Hall–Kier alpha value is -3.14. The molecule has 1 aromatic carbocycles. The summed E-state index contributed by atoms with van der Waals surface area (Å²) < 4.78 is 18.1. The van der Waals surface area contributed by atoms with Gasteiger partial charge in [0.2, 0.25) is 5.89 Å². The van der Waals surface area contributed by atoms with E-state index in [1.807, 2.05) is 0 Å². The van der Waals surface area contributed by atoms with Crippen LogP contribution in [0.4, 0.5) is 15.4 Å². The minimum absolute atomic E-state index is 0.117. The van der Waals surface area contributed by atoms with Gasteiger partial charge >= 0.3 is 11.0 Å². The van der Waals surface area contributed by atoms with Crippen molar-refractivity contribution >= 4 is 28.3 Å². The minimum Gasteiger partial charge on any atom is -0.407 e. The number of carbonyl (C=O) groups is 1. The molecular weight excluding hydrogens is 339 g/mol. The Kier molecular flexibility index (Phi) is 4.29. The summed E-state index contributed by atoms with van der Waals surface area (Å²) in [4.78, 5) is 22.2. The molecule has 2 aromatic heterocycles. The third kappa shape index (κ3) is 3.60. The van der Waals surface area contributed by atoms with Crippen LogP contribution in [0.25, 0.3) is 0 Å². The third-order valence-corrected chi connectivity index (χ3v) is 3.99. The number of hydrogen-bond donors (Lipinski definition) is 1. The van der Waals surface area contributed by atoms with Crippen LogP contribution in [0.1, 0.15) is 21.1 Å². The first-order chi connectivity index (χ1) is 11.5. The van der Waals surface area contributed by atoms with Crippen LogP contribution in [0.5, 0.6) is 0 Å². The van der Waals surface area contributed by atoms with Crippen molar-refractivity contribution in [2.24, 2.45) is 0 Å². The summed E-state index contributed by atoms with van der Waals surface area (Å²) in [5.41, 5.74) is 0.770. The Morgan fingerprint density at radius 1 is 1.25 bits per heavy atom. The third-order valence-electron chi connectivity index (χ3n) is 2.95. The Bertz CT molecular complexity index is 890. The molecule has 24 heavy (non-hydrogen) atoms. The molecule has 10 heteroatoms. The van der Waals surface area contributed by atoms with E-state index in [1.165, 1.54) is 24.3 Å². The molecule has 3 aromatic rings. The molecule has 1 N–H and O–H groups in total. The fourth-order valence-corrected chi connectivity index (χ4v) is 2.57. The summed E-state index contributed by atoms with van der Waals surface area (Å²) >= 11 is 0.743. The Labute approximate surface area is 138 Å². The average Bonchev–Trinajstić information content (AvgIpc) is 3.19. The highest BCUT2D eigenvalue weighted by Crippen LogP contribution is 2.24. The van der Waals surface area contributed by atoms with E-state index in [0.717, 1.165) is 16.9 Å². The van der Waals surface area contributed by atoms with Gasteiger partial charge in [0, 0.05) is 6.07 Å². The van der Waals surface area contributed by atoms with Gasteiger partial charge in [-0.1, -0.05) is 28.6 Å². The van der Waals surface area contributed by atoms with Gasteiger partial charge in [0.05, 0.1) is 16.2 Å². The first-order valence-corrected chi connectivity index (χ1v) is 7.45. The number of thiophene rings is 1. The van der Waals surface area contributed by atoms with Gasteiger partial charge in [-0.25, -0.2) is 4.39 Å². The SMILES string of the molecule is O=C(Nc1nnc(Cc2ccc(F)cc2)o1)c1ccc([N+](=O)[O-])s1. The van der Waals surface area contributed by atoms with Gasteiger partial charge in [0.1, 0.15) is 5.82 Å². The molecule has 0 unspecified atom stereocenters. The van der Waals surface area contributed by atoms with Crippen molar-refractivity contribution in [3.05, 3.63) is 68.7 Å². The van der Waals surface area contributed by atoms with Crippen molar-refractivity contribution in [2.45, 2.75) is 6.42 Å². The van der Waals surface area contributed by atoms with Gasteiger partial charge < -0.3 is 4.42 Å². The van der Waals surface area contributed by atoms with Crippen LogP contribution in [-0.2, 0) is 6.42 Å². The molecule has 3 rings (SSSR count). The molecule has 0 aliphatic heterocycles. The second-order valence-electron chi connectivity index (χ2n) is 4.65. The molecular formula is C14H9FN4O4S. The van der Waals surface area contributed by atoms with Crippen molar-refractivity contribution in [1.29, 1.82) is 0 Å². The standard InChI is InChI=1S/C14H9FN4O4S/c15-9-3-1-8(2-4-9)7-11-17-18-14(23-11)16-13(20)10-5-6-12(24-10)19(21)22/h1-6H,7H2,(H,16,18,20). The quantitative estimate of drug-likeness (QED) is 0.560. The first-order valence-electron chi connectivity index (χ1n) is 6.63. The first kappa shape index (κ1) is 15.7. The number of anilines is 1. The zero-order chi connectivity index (χ0) is 17.1. The van der Waals surface area contributed by atoms with E-state index in [0.29, 0.717) is 0 Å². The number of halogens is 1.